The molecule has 2 N–H and O–H groups in total. The van der Waals surface area contributed by atoms with Gasteiger partial charge < -0.3 is 9.84 Å². The Morgan fingerprint density at radius 1 is 1.14 bits per heavy atom. The fraction of sp³-hybridized carbons (Fsp3) is 0.200. The summed E-state index contributed by atoms with van der Waals surface area (Å²) in [6.07, 6.45) is -0.631. The van der Waals surface area contributed by atoms with Gasteiger partial charge in [-0.2, -0.15) is 0 Å². The van der Waals surface area contributed by atoms with Crippen molar-refractivity contribution in [2.75, 3.05) is 11.8 Å². The van der Waals surface area contributed by atoms with Gasteiger partial charge in [-0.15, -0.1) is 0 Å². The standard InChI is InChI=1S/C15H17NO4S/c1-11(17)12-6-8-15(9-7-12)21(18,19)16-13-4-3-5-14(10-13)20-2/h3-11,16-17H,1-2H3. The molecule has 21 heavy (non-hydrogen) atoms. The van der Waals surface area contributed by atoms with Gasteiger partial charge in [0.15, 0.2) is 0 Å². The quantitative estimate of drug-likeness (QED) is 0.890. The lowest BCUT2D eigenvalue weighted by Crippen LogP contribution is -2.13. The molecule has 0 spiro atoms. The summed E-state index contributed by atoms with van der Waals surface area (Å²) in [5.41, 5.74) is 1.09. The average Bonchev–Trinajstić information content (AvgIpc) is 2.47. The van der Waals surface area contributed by atoms with Crippen molar-refractivity contribution in [2.24, 2.45) is 0 Å². The normalized spacial score (nSPS) is 12.7. The van der Waals surface area contributed by atoms with Gasteiger partial charge in [-0.25, -0.2) is 8.42 Å². The predicted octanol–water partition coefficient (Wildman–Crippen LogP) is 2.55. The van der Waals surface area contributed by atoms with Crippen LogP contribution in [0.3, 0.4) is 0 Å². The van der Waals surface area contributed by atoms with Crippen LogP contribution in [0.4, 0.5) is 5.69 Å². The van der Waals surface area contributed by atoms with E-state index in [1.165, 1.54) is 19.2 Å². The van der Waals surface area contributed by atoms with E-state index in [1.807, 2.05) is 0 Å². The van der Waals surface area contributed by atoms with Crippen LogP contribution in [0.25, 0.3) is 0 Å². The third-order valence-electron chi connectivity index (χ3n) is 2.99. The van der Waals surface area contributed by atoms with Crippen LogP contribution in [0.1, 0.15) is 18.6 Å². The zero-order valence-electron chi connectivity index (χ0n) is 11.8. The molecule has 2 rings (SSSR count). The number of anilines is 1. The molecule has 0 saturated heterocycles. The summed E-state index contributed by atoms with van der Waals surface area (Å²) >= 11 is 0. The summed E-state index contributed by atoms with van der Waals surface area (Å²) in [6.45, 7) is 1.62. The molecule has 1 unspecified atom stereocenters. The largest absolute Gasteiger partial charge is 0.497 e. The smallest absolute Gasteiger partial charge is 0.261 e. The third-order valence-corrected chi connectivity index (χ3v) is 4.39. The molecule has 6 heteroatoms. The van der Waals surface area contributed by atoms with E-state index >= 15 is 0 Å². The molecule has 0 bridgehead atoms. The summed E-state index contributed by atoms with van der Waals surface area (Å²) in [5.74, 6) is 0.569. The lowest BCUT2D eigenvalue weighted by molar-refractivity contribution is 0.199. The Kier molecular flexibility index (Phi) is 4.50. The lowest BCUT2D eigenvalue weighted by Gasteiger charge is -2.10. The van der Waals surface area contributed by atoms with Gasteiger partial charge in [-0.05, 0) is 36.8 Å². The van der Waals surface area contributed by atoms with Crippen molar-refractivity contribution in [3.8, 4) is 5.75 Å². The molecule has 0 fully saturated rings. The van der Waals surface area contributed by atoms with Gasteiger partial charge in [0, 0.05) is 6.07 Å². The predicted molar refractivity (Wildman–Crippen MR) is 80.9 cm³/mol. The first-order chi connectivity index (χ1) is 9.92. The fourth-order valence-electron chi connectivity index (χ4n) is 1.83. The van der Waals surface area contributed by atoms with E-state index in [9.17, 15) is 13.5 Å². The number of aliphatic hydroxyl groups is 1. The lowest BCUT2D eigenvalue weighted by atomic mass is 10.1. The number of rotatable bonds is 5. The van der Waals surface area contributed by atoms with E-state index in [0.717, 1.165) is 0 Å². The summed E-state index contributed by atoms with van der Waals surface area (Å²) in [5, 5.41) is 9.43. The molecule has 2 aromatic rings. The van der Waals surface area contributed by atoms with Crippen LogP contribution in [0, 0.1) is 0 Å². The van der Waals surface area contributed by atoms with Gasteiger partial charge in [0.2, 0.25) is 0 Å². The van der Waals surface area contributed by atoms with E-state index in [2.05, 4.69) is 4.72 Å². The van der Waals surface area contributed by atoms with E-state index < -0.39 is 16.1 Å². The number of aliphatic hydroxyl groups excluding tert-OH is 1. The minimum absolute atomic E-state index is 0.134. The number of benzene rings is 2. The molecular formula is C15H17NO4S. The molecule has 0 aliphatic rings. The van der Waals surface area contributed by atoms with Crippen molar-refractivity contribution in [1.82, 2.24) is 0 Å². The maximum atomic E-state index is 12.3. The molecule has 0 saturated carbocycles. The molecular weight excluding hydrogens is 290 g/mol. The molecule has 0 aromatic heterocycles. The highest BCUT2D eigenvalue weighted by atomic mass is 32.2. The van der Waals surface area contributed by atoms with Gasteiger partial charge in [-0.3, -0.25) is 4.72 Å². The van der Waals surface area contributed by atoms with Crippen LogP contribution < -0.4 is 9.46 Å². The number of sulfonamides is 1. The second kappa shape index (κ2) is 6.15. The van der Waals surface area contributed by atoms with Crippen molar-refractivity contribution in [3.63, 3.8) is 0 Å². The Balaban J connectivity index is 2.25. The van der Waals surface area contributed by atoms with Crippen LogP contribution in [0.2, 0.25) is 0 Å². The van der Waals surface area contributed by atoms with Gasteiger partial charge in [-0.1, -0.05) is 18.2 Å². The molecule has 2 aromatic carbocycles. The first-order valence-electron chi connectivity index (χ1n) is 6.37. The maximum absolute atomic E-state index is 12.3. The summed E-state index contributed by atoms with van der Waals surface area (Å²) in [7, 11) is -2.15. The highest BCUT2D eigenvalue weighted by Gasteiger charge is 2.14. The van der Waals surface area contributed by atoms with Crippen molar-refractivity contribution < 1.29 is 18.3 Å². The Morgan fingerprint density at radius 2 is 1.81 bits per heavy atom. The first kappa shape index (κ1) is 15.3. The summed E-state index contributed by atoms with van der Waals surface area (Å²) in [6, 6.07) is 12.8. The van der Waals surface area contributed by atoms with Crippen LogP contribution in [0.5, 0.6) is 5.75 Å². The molecule has 0 heterocycles. The Labute approximate surface area is 124 Å². The Bertz CT molecular complexity index is 709. The number of hydrogen-bond donors (Lipinski definition) is 2. The highest BCUT2D eigenvalue weighted by Crippen LogP contribution is 2.21. The van der Waals surface area contributed by atoms with Crippen molar-refractivity contribution in [2.45, 2.75) is 17.9 Å². The van der Waals surface area contributed by atoms with E-state index in [4.69, 9.17) is 4.74 Å². The second-order valence-corrected chi connectivity index (χ2v) is 6.26. The van der Waals surface area contributed by atoms with Crippen molar-refractivity contribution >= 4 is 15.7 Å². The van der Waals surface area contributed by atoms with Crippen LogP contribution in [0.15, 0.2) is 53.4 Å². The zero-order chi connectivity index (χ0) is 15.5. The van der Waals surface area contributed by atoms with Crippen molar-refractivity contribution in [3.05, 3.63) is 54.1 Å². The minimum atomic E-state index is -3.67. The third kappa shape index (κ3) is 3.74. The molecule has 0 radical (unpaired) electrons. The van der Waals surface area contributed by atoms with Crippen LogP contribution in [-0.2, 0) is 10.0 Å². The number of ether oxygens (including phenoxy) is 1. The Hall–Kier alpha value is -2.05. The second-order valence-electron chi connectivity index (χ2n) is 4.58. The Morgan fingerprint density at radius 3 is 2.38 bits per heavy atom. The van der Waals surface area contributed by atoms with Gasteiger partial charge in [0.1, 0.15) is 5.75 Å². The zero-order valence-corrected chi connectivity index (χ0v) is 12.6. The molecule has 5 nitrogen and oxygen atoms in total. The average molecular weight is 307 g/mol. The van der Waals surface area contributed by atoms with Crippen LogP contribution >= 0.6 is 0 Å². The van der Waals surface area contributed by atoms with Gasteiger partial charge in [0.05, 0.1) is 23.8 Å². The van der Waals surface area contributed by atoms with E-state index in [-0.39, 0.29) is 4.90 Å². The SMILES string of the molecule is COc1cccc(NS(=O)(=O)c2ccc(C(C)O)cc2)c1. The summed E-state index contributed by atoms with van der Waals surface area (Å²) in [4.78, 5) is 0.134. The molecule has 0 amide bonds. The van der Waals surface area contributed by atoms with Crippen molar-refractivity contribution in [1.29, 1.82) is 0 Å². The number of nitrogens with one attached hydrogen (secondary N) is 1. The van der Waals surface area contributed by atoms with Gasteiger partial charge in [0.25, 0.3) is 10.0 Å². The minimum Gasteiger partial charge on any atom is -0.497 e. The topological polar surface area (TPSA) is 75.6 Å². The summed E-state index contributed by atoms with van der Waals surface area (Å²) < 4.78 is 32.1. The molecule has 1 atom stereocenters. The maximum Gasteiger partial charge on any atom is 0.261 e. The van der Waals surface area contributed by atoms with E-state index in [0.29, 0.717) is 17.0 Å². The van der Waals surface area contributed by atoms with Gasteiger partial charge >= 0.3 is 0 Å². The highest BCUT2D eigenvalue weighted by molar-refractivity contribution is 7.92. The van der Waals surface area contributed by atoms with E-state index in [1.54, 1.807) is 43.3 Å². The molecule has 0 aliphatic heterocycles. The molecule has 0 aliphatic carbocycles. The fourth-order valence-corrected chi connectivity index (χ4v) is 2.88. The number of hydrogen-bond acceptors (Lipinski definition) is 4. The monoisotopic (exact) mass is 307 g/mol. The number of methoxy groups -OCH3 is 1. The van der Waals surface area contributed by atoms with Crippen LogP contribution in [-0.4, -0.2) is 20.6 Å². The first-order valence-corrected chi connectivity index (χ1v) is 7.85. The molecule has 112 valence electrons.